The number of anilines is 1. The third-order valence-corrected chi connectivity index (χ3v) is 1.83. The third-order valence-electron chi connectivity index (χ3n) is 1.83. The van der Waals surface area contributed by atoms with Crippen molar-refractivity contribution in [2.75, 3.05) is 5.73 Å². The topological polar surface area (TPSA) is 81.1 Å². The van der Waals surface area contributed by atoms with Crippen LogP contribution in [0.5, 0.6) is 0 Å². The lowest BCUT2D eigenvalue weighted by molar-refractivity contribution is 0.0684. The van der Waals surface area contributed by atoms with Crippen LogP contribution in [-0.4, -0.2) is 20.6 Å². The fraction of sp³-hybridized carbons (Fsp3) is 0.500. The van der Waals surface area contributed by atoms with Crippen molar-refractivity contribution in [3.8, 4) is 0 Å². The predicted octanol–water partition coefficient (Wildman–Crippen LogP) is 1.05. The van der Waals surface area contributed by atoms with E-state index in [0.717, 1.165) is 0 Å². The summed E-state index contributed by atoms with van der Waals surface area (Å²) >= 11 is 0. The summed E-state index contributed by atoms with van der Waals surface area (Å²) in [6, 6.07) is 0.0518. The molecule has 0 radical (unpaired) electrons. The summed E-state index contributed by atoms with van der Waals surface area (Å²) in [5.74, 6) is -0.324. The maximum atomic E-state index is 10.8. The van der Waals surface area contributed by atoms with Crippen molar-refractivity contribution >= 4 is 11.8 Å². The van der Waals surface area contributed by atoms with Crippen LogP contribution < -0.4 is 5.73 Å². The fourth-order valence-corrected chi connectivity index (χ4v) is 1.41. The number of carboxylic acid groups (broad SMARTS) is 1. The SMILES string of the molecule is Cc1nc(N)c(C(=O)O)n1C(C)C. The van der Waals surface area contributed by atoms with E-state index in [0.29, 0.717) is 5.82 Å². The minimum Gasteiger partial charge on any atom is -0.476 e. The van der Waals surface area contributed by atoms with Gasteiger partial charge in [0.25, 0.3) is 0 Å². The lowest BCUT2D eigenvalue weighted by Gasteiger charge is -2.11. The first-order valence-electron chi connectivity index (χ1n) is 4.02. The smallest absolute Gasteiger partial charge is 0.356 e. The molecule has 0 saturated heterocycles. The molecule has 0 unspecified atom stereocenters. The van der Waals surface area contributed by atoms with Crippen molar-refractivity contribution in [1.29, 1.82) is 0 Å². The van der Waals surface area contributed by atoms with Gasteiger partial charge in [-0.2, -0.15) is 0 Å². The van der Waals surface area contributed by atoms with Gasteiger partial charge in [-0.1, -0.05) is 0 Å². The van der Waals surface area contributed by atoms with Crippen molar-refractivity contribution in [2.24, 2.45) is 0 Å². The van der Waals surface area contributed by atoms with Gasteiger partial charge >= 0.3 is 5.97 Å². The standard InChI is InChI=1S/C8H13N3O2/c1-4(2)11-5(3)10-7(9)6(11)8(12)13/h4H,9H2,1-3H3,(H,12,13). The lowest BCUT2D eigenvalue weighted by Crippen LogP contribution is -2.13. The van der Waals surface area contributed by atoms with Gasteiger partial charge in [-0.05, 0) is 20.8 Å². The molecule has 5 nitrogen and oxygen atoms in total. The van der Waals surface area contributed by atoms with E-state index in [4.69, 9.17) is 10.8 Å². The summed E-state index contributed by atoms with van der Waals surface area (Å²) < 4.78 is 1.61. The van der Waals surface area contributed by atoms with Crippen LogP contribution in [0.15, 0.2) is 0 Å². The van der Waals surface area contributed by atoms with Gasteiger partial charge in [-0.15, -0.1) is 0 Å². The average molecular weight is 183 g/mol. The molecule has 0 bridgehead atoms. The summed E-state index contributed by atoms with van der Waals surface area (Å²) in [5, 5.41) is 8.87. The molecule has 0 amide bonds. The molecule has 72 valence electrons. The van der Waals surface area contributed by atoms with E-state index < -0.39 is 5.97 Å². The van der Waals surface area contributed by atoms with E-state index in [2.05, 4.69) is 4.98 Å². The number of carboxylic acids is 1. The third kappa shape index (κ3) is 1.49. The van der Waals surface area contributed by atoms with Gasteiger partial charge in [-0.25, -0.2) is 9.78 Å². The number of nitrogens with two attached hydrogens (primary N) is 1. The van der Waals surface area contributed by atoms with E-state index in [-0.39, 0.29) is 17.6 Å². The molecule has 13 heavy (non-hydrogen) atoms. The highest BCUT2D eigenvalue weighted by molar-refractivity contribution is 5.91. The van der Waals surface area contributed by atoms with Gasteiger partial charge in [-0.3, -0.25) is 0 Å². The molecule has 0 saturated carbocycles. The first-order valence-corrected chi connectivity index (χ1v) is 4.02. The highest BCUT2D eigenvalue weighted by Gasteiger charge is 2.20. The largest absolute Gasteiger partial charge is 0.476 e. The molecule has 3 N–H and O–H groups in total. The maximum Gasteiger partial charge on any atom is 0.356 e. The molecule has 0 atom stereocenters. The van der Waals surface area contributed by atoms with Crippen molar-refractivity contribution in [3.63, 3.8) is 0 Å². The minimum atomic E-state index is -1.04. The summed E-state index contributed by atoms with van der Waals surface area (Å²) in [5.41, 5.74) is 5.54. The molecule has 1 aromatic heterocycles. The molecule has 1 heterocycles. The summed E-state index contributed by atoms with van der Waals surface area (Å²) in [7, 11) is 0. The molecule has 1 aromatic rings. The lowest BCUT2D eigenvalue weighted by atomic mass is 10.3. The molecular formula is C8H13N3O2. The molecule has 0 aromatic carbocycles. The van der Waals surface area contributed by atoms with Crippen LogP contribution in [0.3, 0.4) is 0 Å². The highest BCUT2D eigenvalue weighted by atomic mass is 16.4. The second kappa shape index (κ2) is 3.08. The number of aryl methyl sites for hydroxylation is 1. The van der Waals surface area contributed by atoms with Crippen molar-refractivity contribution in [1.82, 2.24) is 9.55 Å². The molecule has 0 aliphatic carbocycles. The average Bonchev–Trinajstić information content (AvgIpc) is 2.24. The Kier molecular flexibility index (Phi) is 2.27. The van der Waals surface area contributed by atoms with E-state index in [1.807, 2.05) is 13.8 Å². The fourth-order valence-electron chi connectivity index (χ4n) is 1.41. The number of hydrogen-bond donors (Lipinski definition) is 2. The maximum absolute atomic E-state index is 10.8. The summed E-state index contributed by atoms with van der Waals surface area (Å²) in [4.78, 5) is 14.7. The number of aromatic nitrogens is 2. The van der Waals surface area contributed by atoms with Crippen LogP contribution in [0.1, 0.15) is 36.2 Å². The Morgan fingerprint density at radius 3 is 2.46 bits per heavy atom. The number of carbonyl (C=O) groups is 1. The molecule has 5 heteroatoms. The Balaban J connectivity index is 3.38. The van der Waals surface area contributed by atoms with Crippen molar-refractivity contribution in [2.45, 2.75) is 26.8 Å². The Hall–Kier alpha value is -1.52. The Morgan fingerprint density at radius 2 is 2.15 bits per heavy atom. The van der Waals surface area contributed by atoms with E-state index in [1.54, 1.807) is 11.5 Å². The number of rotatable bonds is 2. The van der Waals surface area contributed by atoms with Crippen LogP contribution in [0, 0.1) is 6.92 Å². The molecule has 0 fully saturated rings. The number of hydrogen-bond acceptors (Lipinski definition) is 3. The summed E-state index contributed by atoms with van der Waals surface area (Å²) in [6.45, 7) is 5.52. The summed E-state index contributed by atoms with van der Waals surface area (Å²) in [6.07, 6.45) is 0. The van der Waals surface area contributed by atoms with Crippen molar-refractivity contribution < 1.29 is 9.90 Å². The normalized spacial score (nSPS) is 10.8. The number of nitrogen functional groups attached to an aromatic ring is 1. The quantitative estimate of drug-likeness (QED) is 0.718. The van der Waals surface area contributed by atoms with Gasteiger partial charge in [0, 0.05) is 6.04 Å². The second-order valence-corrected chi connectivity index (χ2v) is 3.16. The first kappa shape index (κ1) is 9.57. The van der Waals surface area contributed by atoms with E-state index >= 15 is 0 Å². The molecular weight excluding hydrogens is 170 g/mol. The number of imidazole rings is 1. The number of nitrogens with zero attached hydrogens (tertiary/aromatic N) is 2. The molecule has 1 rings (SSSR count). The first-order chi connectivity index (χ1) is 5.95. The van der Waals surface area contributed by atoms with E-state index in [9.17, 15) is 4.79 Å². The van der Waals surface area contributed by atoms with Crippen LogP contribution in [0.2, 0.25) is 0 Å². The van der Waals surface area contributed by atoms with Gasteiger partial charge < -0.3 is 15.4 Å². The zero-order chi connectivity index (χ0) is 10.2. The van der Waals surface area contributed by atoms with Crippen molar-refractivity contribution in [3.05, 3.63) is 11.5 Å². The zero-order valence-corrected chi connectivity index (χ0v) is 7.90. The van der Waals surface area contributed by atoms with Crippen LogP contribution >= 0.6 is 0 Å². The molecule has 0 aliphatic rings. The molecule has 0 spiro atoms. The zero-order valence-electron chi connectivity index (χ0n) is 7.90. The molecule has 0 aliphatic heterocycles. The van der Waals surface area contributed by atoms with Crippen LogP contribution in [0.25, 0.3) is 0 Å². The predicted molar refractivity (Wildman–Crippen MR) is 48.7 cm³/mol. The van der Waals surface area contributed by atoms with Crippen LogP contribution in [0.4, 0.5) is 5.82 Å². The Labute approximate surface area is 76.2 Å². The Morgan fingerprint density at radius 1 is 1.62 bits per heavy atom. The van der Waals surface area contributed by atoms with Gasteiger partial charge in [0.1, 0.15) is 5.82 Å². The van der Waals surface area contributed by atoms with Gasteiger partial charge in [0.2, 0.25) is 0 Å². The van der Waals surface area contributed by atoms with Crippen LogP contribution in [-0.2, 0) is 0 Å². The van der Waals surface area contributed by atoms with Gasteiger partial charge in [0.05, 0.1) is 0 Å². The Bertz CT molecular complexity index is 341. The second-order valence-electron chi connectivity index (χ2n) is 3.16. The minimum absolute atomic E-state index is 0.0518. The highest BCUT2D eigenvalue weighted by Crippen LogP contribution is 2.18. The monoisotopic (exact) mass is 183 g/mol. The number of aromatic carboxylic acids is 1. The van der Waals surface area contributed by atoms with E-state index in [1.165, 1.54) is 0 Å². The van der Waals surface area contributed by atoms with Gasteiger partial charge in [0.15, 0.2) is 11.5 Å².